The van der Waals surface area contributed by atoms with Crippen molar-refractivity contribution in [3.05, 3.63) is 69.1 Å². The van der Waals surface area contributed by atoms with Crippen LogP contribution in [0.3, 0.4) is 0 Å². The van der Waals surface area contributed by atoms with Crippen LogP contribution in [0.15, 0.2) is 51.4 Å². The van der Waals surface area contributed by atoms with Crippen LogP contribution >= 0.6 is 27.5 Å². The van der Waals surface area contributed by atoms with Gasteiger partial charge in [-0.05, 0) is 45.8 Å². The van der Waals surface area contributed by atoms with E-state index >= 15 is 0 Å². The Hall–Kier alpha value is -1.36. The van der Waals surface area contributed by atoms with Gasteiger partial charge in [0.2, 0.25) is 0 Å². The Bertz CT molecular complexity index is 787. The number of nitrogens with two attached hydrogens (primary N) is 1. The van der Waals surface area contributed by atoms with Crippen LogP contribution in [0.25, 0.3) is 11.0 Å². The van der Waals surface area contributed by atoms with Crippen molar-refractivity contribution < 1.29 is 8.81 Å². The minimum Gasteiger partial charge on any atom is -0.457 e. The standard InChI is InChI=1S/C15H10BrClFNO/c16-10-6-8(4-5-12(10)18)14(19)13-7-9-2-1-3-11(17)15(9)20-13/h1-7,14H,19H2. The molecule has 2 nitrogen and oxygen atoms in total. The Morgan fingerprint density at radius 3 is 2.70 bits per heavy atom. The molecule has 0 spiro atoms. The highest BCUT2D eigenvalue weighted by atomic mass is 79.9. The molecule has 102 valence electrons. The van der Waals surface area contributed by atoms with Crippen LogP contribution in [0.2, 0.25) is 5.02 Å². The van der Waals surface area contributed by atoms with E-state index in [9.17, 15) is 4.39 Å². The van der Waals surface area contributed by atoms with Gasteiger partial charge in [-0.25, -0.2) is 4.39 Å². The van der Waals surface area contributed by atoms with Crippen molar-refractivity contribution in [1.82, 2.24) is 0 Å². The second kappa shape index (κ2) is 5.20. The topological polar surface area (TPSA) is 39.2 Å². The molecule has 0 aliphatic heterocycles. The molecule has 0 fully saturated rings. The molecule has 0 aliphatic carbocycles. The molecule has 0 bridgehead atoms. The molecule has 5 heteroatoms. The van der Waals surface area contributed by atoms with E-state index in [0.717, 1.165) is 10.9 Å². The highest BCUT2D eigenvalue weighted by Crippen LogP contribution is 2.31. The van der Waals surface area contributed by atoms with Gasteiger partial charge in [-0.1, -0.05) is 29.8 Å². The fourth-order valence-electron chi connectivity index (χ4n) is 2.07. The van der Waals surface area contributed by atoms with Crippen LogP contribution in [-0.4, -0.2) is 0 Å². The third kappa shape index (κ3) is 2.35. The largest absolute Gasteiger partial charge is 0.457 e. The van der Waals surface area contributed by atoms with Crippen molar-refractivity contribution in [2.75, 3.05) is 0 Å². The lowest BCUT2D eigenvalue weighted by molar-refractivity contribution is 0.524. The first kappa shape index (κ1) is 13.6. The molecule has 3 rings (SSSR count). The Kier molecular flexibility index (Phi) is 3.54. The lowest BCUT2D eigenvalue weighted by Gasteiger charge is -2.09. The van der Waals surface area contributed by atoms with Crippen molar-refractivity contribution in [3.63, 3.8) is 0 Å². The van der Waals surface area contributed by atoms with Crippen molar-refractivity contribution in [1.29, 1.82) is 0 Å². The van der Waals surface area contributed by atoms with E-state index in [-0.39, 0.29) is 5.82 Å². The summed E-state index contributed by atoms with van der Waals surface area (Å²) in [6.45, 7) is 0. The molecular weight excluding hydrogens is 345 g/mol. The van der Waals surface area contributed by atoms with Crippen molar-refractivity contribution in [2.45, 2.75) is 6.04 Å². The van der Waals surface area contributed by atoms with Crippen LogP contribution in [-0.2, 0) is 0 Å². The minimum absolute atomic E-state index is 0.325. The van der Waals surface area contributed by atoms with Gasteiger partial charge in [0, 0.05) is 5.39 Å². The maximum absolute atomic E-state index is 13.3. The fourth-order valence-corrected chi connectivity index (χ4v) is 2.69. The van der Waals surface area contributed by atoms with Crippen molar-refractivity contribution >= 4 is 38.5 Å². The van der Waals surface area contributed by atoms with Gasteiger partial charge in [-0.15, -0.1) is 0 Å². The average Bonchev–Trinajstić information content (AvgIpc) is 2.86. The number of furan rings is 1. The molecule has 0 radical (unpaired) electrons. The highest BCUT2D eigenvalue weighted by Gasteiger charge is 2.16. The normalized spacial score (nSPS) is 12.8. The number of halogens is 3. The molecule has 0 aliphatic rings. The number of para-hydroxylation sites is 1. The summed E-state index contributed by atoms with van der Waals surface area (Å²) < 4.78 is 19.4. The second-order valence-electron chi connectivity index (χ2n) is 4.46. The summed E-state index contributed by atoms with van der Waals surface area (Å²) in [5, 5.41) is 1.44. The molecule has 20 heavy (non-hydrogen) atoms. The van der Waals surface area contributed by atoms with Crippen molar-refractivity contribution in [3.8, 4) is 0 Å². The number of hydrogen-bond acceptors (Lipinski definition) is 2. The first-order chi connectivity index (χ1) is 9.56. The van der Waals surface area contributed by atoms with E-state index in [4.69, 9.17) is 21.8 Å². The predicted molar refractivity (Wildman–Crippen MR) is 81.4 cm³/mol. The van der Waals surface area contributed by atoms with E-state index in [0.29, 0.717) is 20.8 Å². The van der Waals surface area contributed by atoms with Gasteiger partial charge in [-0.2, -0.15) is 0 Å². The molecule has 1 aromatic heterocycles. The van der Waals surface area contributed by atoms with Gasteiger partial charge in [0.15, 0.2) is 5.58 Å². The van der Waals surface area contributed by atoms with Crippen molar-refractivity contribution in [2.24, 2.45) is 5.73 Å². The molecule has 3 aromatic rings. The zero-order chi connectivity index (χ0) is 14.3. The van der Waals surface area contributed by atoms with Gasteiger partial charge < -0.3 is 10.2 Å². The summed E-state index contributed by atoms with van der Waals surface area (Å²) in [7, 11) is 0. The number of fused-ring (bicyclic) bond motifs is 1. The summed E-state index contributed by atoms with van der Waals surface area (Å²) in [4.78, 5) is 0. The maximum atomic E-state index is 13.3. The third-order valence-corrected chi connectivity index (χ3v) is 4.03. The minimum atomic E-state index is -0.477. The van der Waals surface area contributed by atoms with E-state index in [1.165, 1.54) is 6.07 Å². The van der Waals surface area contributed by atoms with Gasteiger partial charge in [0.25, 0.3) is 0 Å². The fraction of sp³-hybridized carbons (Fsp3) is 0.0667. The van der Waals surface area contributed by atoms with Gasteiger partial charge in [0.05, 0.1) is 15.5 Å². The number of rotatable bonds is 2. The molecule has 0 amide bonds. The molecule has 1 atom stereocenters. The summed E-state index contributed by atoms with van der Waals surface area (Å²) in [5.41, 5.74) is 7.54. The number of benzene rings is 2. The van der Waals surface area contributed by atoms with Crippen LogP contribution in [0, 0.1) is 5.82 Å². The summed E-state index contributed by atoms with van der Waals surface area (Å²) in [6, 6.07) is 11.5. The SMILES string of the molecule is NC(c1ccc(F)c(Br)c1)c1cc2cccc(Cl)c2o1. The van der Waals surface area contributed by atoms with E-state index < -0.39 is 6.04 Å². The van der Waals surface area contributed by atoms with Crippen LogP contribution in [0.1, 0.15) is 17.4 Å². The van der Waals surface area contributed by atoms with Crippen LogP contribution < -0.4 is 5.73 Å². The van der Waals surface area contributed by atoms with Gasteiger partial charge in [0.1, 0.15) is 11.6 Å². The lowest BCUT2D eigenvalue weighted by Crippen LogP contribution is -2.10. The predicted octanol–water partition coefficient (Wildman–Crippen LogP) is 5.04. The van der Waals surface area contributed by atoms with Crippen LogP contribution in [0.5, 0.6) is 0 Å². The van der Waals surface area contributed by atoms with E-state index in [1.807, 2.05) is 18.2 Å². The Labute approximate surface area is 128 Å². The Morgan fingerprint density at radius 2 is 2.00 bits per heavy atom. The smallest absolute Gasteiger partial charge is 0.152 e. The molecule has 0 saturated carbocycles. The second-order valence-corrected chi connectivity index (χ2v) is 5.72. The quantitative estimate of drug-likeness (QED) is 0.700. The molecule has 1 heterocycles. The van der Waals surface area contributed by atoms with E-state index in [1.54, 1.807) is 18.2 Å². The lowest BCUT2D eigenvalue weighted by atomic mass is 10.1. The zero-order valence-corrected chi connectivity index (χ0v) is 12.6. The monoisotopic (exact) mass is 353 g/mol. The molecule has 2 aromatic carbocycles. The summed E-state index contributed by atoms with van der Waals surface area (Å²) >= 11 is 9.23. The zero-order valence-electron chi connectivity index (χ0n) is 10.2. The van der Waals surface area contributed by atoms with E-state index in [2.05, 4.69) is 15.9 Å². The number of hydrogen-bond donors (Lipinski definition) is 1. The average molecular weight is 355 g/mol. The van der Waals surface area contributed by atoms with Gasteiger partial charge in [-0.3, -0.25) is 0 Å². The van der Waals surface area contributed by atoms with Gasteiger partial charge >= 0.3 is 0 Å². The van der Waals surface area contributed by atoms with Crippen LogP contribution in [0.4, 0.5) is 4.39 Å². The maximum Gasteiger partial charge on any atom is 0.152 e. The highest BCUT2D eigenvalue weighted by molar-refractivity contribution is 9.10. The molecule has 0 saturated heterocycles. The molecule has 1 unspecified atom stereocenters. The Morgan fingerprint density at radius 1 is 1.20 bits per heavy atom. The third-order valence-electron chi connectivity index (χ3n) is 3.12. The summed E-state index contributed by atoms with van der Waals surface area (Å²) in [6.07, 6.45) is 0. The first-order valence-electron chi connectivity index (χ1n) is 5.95. The summed E-state index contributed by atoms with van der Waals surface area (Å²) in [5.74, 6) is 0.264. The molecular formula is C15H10BrClFNO. The first-order valence-corrected chi connectivity index (χ1v) is 7.12. The Balaban J connectivity index is 2.05. The molecule has 2 N–H and O–H groups in total.